The molecule has 0 spiro atoms. The number of aryl methyl sites for hydroxylation is 1. The molecule has 0 saturated carbocycles. The van der Waals surface area contributed by atoms with Crippen LogP contribution in [0.2, 0.25) is 0 Å². The van der Waals surface area contributed by atoms with E-state index in [0.717, 1.165) is 50.0 Å². The van der Waals surface area contributed by atoms with Crippen molar-refractivity contribution in [2.45, 2.75) is 31.7 Å². The third kappa shape index (κ3) is 4.38. The zero-order chi connectivity index (χ0) is 16.6. The van der Waals surface area contributed by atoms with Crippen LogP contribution in [-0.2, 0) is 11.2 Å². The predicted molar refractivity (Wildman–Crippen MR) is 93.4 cm³/mol. The molecular weight excluding hydrogens is 300 g/mol. The Morgan fingerprint density at radius 1 is 1.17 bits per heavy atom. The van der Waals surface area contributed by atoms with Crippen LogP contribution in [0.15, 0.2) is 48.9 Å². The van der Waals surface area contributed by atoms with Gasteiger partial charge in [-0.15, -0.1) is 0 Å². The average Bonchev–Trinajstić information content (AvgIpc) is 3.15. The number of aromatic nitrogens is 2. The maximum absolute atomic E-state index is 12.7. The third-order valence-electron chi connectivity index (χ3n) is 4.39. The molecule has 1 saturated heterocycles. The minimum Gasteiger partial charge on any atom is -0.354 e. The summed E-state index contributed by atoms with van der Waals surface area (Å²) in [4.78, 5) is 23.5. The molecule has 1 fully saturated rings. The normalized spacial score (nSPS) is 16.0. The average molecular weight is 324 g/mol. The smallest absolute Gasteiger partial charge is 0.242 e. The lowest BCUT2D eigenvalue weighted by Gasteiger charge is -2.26. The number of nitrogens with one attached hydrogen (secondary N) is 1. The Hall–Kier alpha value is -2.27. The molecule has 24 heavy (non-hydrogen) atoms. The maximum atomic E-state index is 12.7. The van der Waals surface area contributed by atoms with Crippen molar-refractivity contribution in [1.82, 2.24) is 20.2 Å². The molecule has 2 aromatic rings. The molecule has 1 atom stereocenters. The number of rotatable bonds is 7. The number of hydrogen-bond donors (Lipinski definition) is 1. The van der Waals surface area contributed by atoms with Gasteiger partial charge < -0.3 is 5.32 Å². The summed E-state index contributed by atoms with van der Waals surface area (Å²) in [5.74, 6) is 0.0749. The van der Waals surface area contributed by atoms with Gasteiger partial charge in [-0.3, -0.25) is 19.7 Å². The predicted octanol–water partition coefficient (Wildman–Crippen LogP) is 2.36. The number of carbonyl (C=O) groups excluding carboxylic acids is 1. The van der Waals surface area contributed by atoms with Gasteiger partial charge in [0.2, 0.25) is 5.91 Å². The first-order valence-electron chi connectivity index (χ1n) is 8.66. The Morgan fingerprint density at radius 2 is 2.04 bits per heavy atom. The molecule has 1 aliphatic heterocycles. The fourth-order valence-electron chi connectivity index (χ4n) is 3.19. The second-order valence-electron chi connectivity index (χ2n) is 6.15. The van der Waals surface area contributed by atoms with E-state index in [9.17, 15) is 4.79 Å². The molecule has 5 nitrogen and oxygen atoms in total. The molecule has 1 unspecified atom stereocenters. The van der Waals surface area contributed by atoms with Crippen molar-refractivity contribution in [3.63, 3.8) is 0 Å². The van der Waals surface area contributed by atoms with Gasteiger partial charge in [0.25, 0.3) is 0 Å². The van der Waals surface area contributed by atoms with Gasteiger partial charge in [-0.25, -0.2) is 0 Å². The van der Waals surface area contributed by atoms with Crippen molar-refractivity contribution in [2.24, 2.45) is 0 Å². The van der Waals surface area contributed by atoms with Gasteiger partial charge in [0.05, 0.1) is 0 Å². The lowest BCUT2D eigenvalue weighted by atomic mass is 10.1. The van der Waals surface area contributed by atoms with Crippen LogP contribution in [0.1, 0.15) is 36.6 Å². The summed E-state index contributed by atoms with van der Waals surface area (Å²) in [6, 6.07) is 9.59. The molecule has 2 aromatic heterocycles. The second kappa shape index (κ2) is 8.55. The second-order valence-corrected chi connectivity index (χ2v) is 6.15. The Bertz CT molecular complexity index is 626. The van der Waals surface area contributed by atoms with Gasteiger partial charge in [0.1, 0.15) is 6.04 Å². The Labute approximate surface area is 143 Å². The van der Waals surface area contributed by atoms with Gasteiger partial charge in [-0.2, -0.15) is 0 Å². The van der Waals surface area contributed by atoms with Crippen molar-refractivity contribution in [3.8, 4) is 0 Å². The fourth-order valence-corrected chi connectivity index (χ4v) is 3.19. The highest BCUT2D eigenvalue weighted by atomic mass is 16.2. The molecule has 1 aliphatic rings. The number of nitrogens with zero attached hydrogens (tertiary/aromatic N) is 3. The third-order valence-corrected chi connectivity index (χ3v) is 4.39. The molecule has 0 radical (unpaired) electrons. The van der Waals surface area contributed by atoms with Crippen LogP contribution in [0.3, 0.4) is 0 Å². The molecule has 3 heterocycles. The Kier molecular flexibility index (Phi) is 5.90. The minimum absolute atomic E-state index is 0.0749. The van der Waals surface area contributed by atoms with Crippen molar-refractivity contribution in [1.29, 1.82) is 0 Å². The Morgan fingerprint density at radius 3 is 2.75 bits per heavy atom. The molecule has 0 aliphatic carbocycles. The summed E-state index contributed by atoms with van der Waals surface area (Å²) in [5, 5.41) is 3.09. The van der Waals surface area contributed by atoms with E-state index in [1.54, 1.807) is 18.6 Å². The van der Waals surface area contributed by atoms with Crippen LogP contribution in [0.25, 0.3) is 0 Å². The van der Waals surface area contributed by atoms with Gasteiger partial charge in [0.15, 0.2) is 0 Å². The summed E-state index contributed by atoms with van der Waals surface area (Å²) in [5.41, 5.74) is 2.04. The summed E-state index contributed by atoms with van der Waals surface area (Å²) in [7, 11) is 0. The van der Waals surface area contributed by atoms with E-state index in [4.69, 9.17) is 0 Å². The highest BCUT2D eigenvalue weighted by Crippen LogP contribution is 2.24. The fraction of sp³-hybridized carbons (Fsp3) is 0.421. The van der Waals surface area contributed by atoms with Crippen molar-refractivity contribution >= 4 is 5.91 Å². The molecule has 0 bridgehead atoms. The molecule has 1 amide bonds. The van der Waals surface area contributed by atoms with Crippen LogP contribution in [0.5, 0.6) is 0 Å². The number of hydrogen-bond acceptors (Lipinski definition) is 4. The first kappa shape index (κ1) is 16.6. The van der Waals surface area contributed by atoms with Gasteiger partial charge in [-0.05, 0) is 62.5 Å². The van der Waals surface area contributed by atoms with Crippen LogP contribution in [-0.4, -0.2) is 40.4 Å². The number of likely N-dealkylation sites (tertiary alicyclic amines) is 1. The van der Waals surface area contributed by atoms with Crippen LogP contribution in [0.4, 0.5) is 0 Å². The van der Waals surface area contributed by atoms with E-state index in [1.807, 2.05) is 30.3 Å². The van der Waals surface area contributed by atoms with Crippen molar-refractivity contribution in [2.75, 3.05) is 19.6 Å². The highest BCUT2D eigenvalue weighted by molar-refractivity contribution is 5.83. The molecular formula is C19H24N4O. The molecule has 126 valence electrons. The monoisotopic (exact) mass is 324 g/mol. The van der Waals surface area contributed by atoms with Crippen LogP contribution < -0.4 is 5.32 Å². The van der Waals surface area contributed by atoms with E-state index >= 15 is 0 Å². The molecule has 5 heteroatoms. The lowest BCUT2D eigenvalue weighted by Crippen LogP contribution is -2.39. The van der Waals surface area contributed by atoms with Gasteiger partial charge in [0, 0.05) is 30.8 Å². The topological polar surface area (TPSA) is 58.1 Å². The van der Waals surface area contributed by atoms with Crippen LogP contribution in [0, 0.1) is 0 Å². The number of pyridine rings is 2. The van der Waals surface area contributed by atoms with E-state index < -0.39 is 0 Å². The van der Waals surface area contributed by atoms with E-state index in [-0.39, 0.29) is 11.9 Å². The summed E-state index contributed by atoms with van der Waals surface area (Å²) < 4.78 is 0. The van der Waals surface area contributed by atoms with E-state index in [0.29, 0.717) is 6.54 Å². The molecule has 3 rings (SSSR count). The van der Waals surface area contributed by atoms with E-state index in [1.165, 1.54) is 0 Å². The van der Waals surface area contributed by atoms with Gasteiger partial charge >= 0.3 is 0 Å². The Balaban J connectivity index is 1.55. The maximum Gasteiger partial charge on any atom is 0.242 e. The first-order valence-corrected chi connectivity index (χ1v) is 8.66. The van der Waals surface area contributed by atoms with E-state index in [2.05, 4.69) is 20.2 Å². The number of amides is 1. The summed E-state index contributed by atoms with van der Waals surface area (Å²) in [6.07, 6.45) is 9.43. The minimum atomic E-state index is -0.226. The summed E-state index contributed by atoms with van der Waals surface area (Å²) >= 11 is 0. The van der Waals surface area contributed by atoms with Crippen LogP contribution >= 0.6 is 0 Å². The number of carbonyl (C=O) groups is 1. The lowest BCUT2D eigenvalue weighted by molar-refractivity contribution is -0.126. The van der Waals surface area contributed by atoms with Crippen molar-refractivity contribution < 1.29 is 4.79 Å². The molecule has 0 aromatic carbocycles. The first-order chi connectivity index (χ1) is 11.8. The largest absolute Gasteiger partial charge is 0.354 e. The highest BCUT2D eigenvalue weighted by Gasteiger charge is 2.29. The molecule has 1 N–H and O–H groups in total. The van der Waals surface area contributed by atoms with Crippen molar-refractivity contribution in [3.05, 3.63) is 60.2 Å². The van der Waals surface area contributed by atoms with Gasteiger partial charge in [-0.1, -0.05) is 12.1 Å². The zero-order valence-electron chi connectivity index (χ0n) is 13.9. The SMILES string of the molecule is O=C(NCCCc1ccccn1)C(c1cccnc1)N1CCCC1. The standard InChI is InChI=1S/C19H24N4O/c24-19(22-12-6-9-17-8-1-2-11-21-17)18(23-13-3-4-14-23)16-7-5-10-20-15-16/h1-2,5,7-8,10-11,15,18H,3-4,6,9,12-14H2,(H,22,24). The summed E-state index contributed by atoms with van der Waals surface area (Å²) in [6.45, 7) is 2.61. The quantitative estimate of drug-likeness (QED) is 0.794. The zero-order valence-corrected chi connectivity index (χ0v) is 13.9.